The zero-order valence-electron chi connectivity index (χ0n) is 11.9. The molecular weight excluding hydrogens is 318 g/mol. The number of thioether (sulfide) groups is 2. The summed E-state index contributed by atoms with van der Waals surface area (Å²) >= 11 is 3.22. The van der Waals surface area contributed by atoms with Crippen LogP contribution in [0.2, 0.25) is 0 Å². The highest BCUT2D eigenvalue weighted by molar-refractivity contribution is 8.18. The molecule has 1 aliphatic rings. The number of methoxy groups -OCH3 is 1. The third-order valence-electron chi connectivity index (χ3n) is 3.55. The van der Waals surface area contributed by atoms with Gasteiger partial charge in [-0.25, -0.2) is 0 Å². The quantitative estimate of drug-likeness (QED) is 0.605. The minimum Gasteiger partial charge on any atom is -0.497 e. The van der Waals surface area contributed by atoms with E-state index in [4.69, 9.17) is 4.74 Å². The van der Waals surface area contributed by atoms with E-state index < -0.39 is 6.04 Å². The van der Waals surface area contributed by atoms with Crippen LogP contribution in [0.1, 0.15) is 10.8 Å². The molecule has 0 radical (unpaired) electrons. The maximum absolute atomic E-state index is 11.4. The van der Waals surface area contributed by atoms with Crippen LogP contribution in [0.4, 0.5) is 0 Å². The van der Waals surface area contributed by atoms with Crippen LogP contribution in [0, 0.1) is 10.1 Å². The van der Waals surface area contributed by atoms with Crippen LogP contribution in [0.5, 0.6) is 5.75 Å². The molecule has 114 valence electrons. The van der Waals surface area contributed by atoms with Crippen molar-refractivity contribution in [3.05, 3.63) is 70.3 Å². The Morgan fingerprint density at radius 1 is 1.14 bits per heavy atom. The SMILES string of the molecule is COc1ccc([C@@H]2S[C@H](Sc3ccccc3)[C@H]2[N+](=O)[O-])cc1. The van der Waals surface area contributed by atoms with E-state index in [0.29, 0.717) is 0 Å². The summed E-state index contributed by atoms with van der Waals surface area (Å²) in [5.74, 6) is 0.765. The summed E-state index contributed by atoms with van der Waals surface area (Å²) < 4.78 is 5.08. The summed E-state index contributed by atoms with van der Waals surface area (Å²) in [5.41, 5.74) is 0.984. The smallest absolute Gasteiger partial charge is 0.249 e. The van der Waals surface area contributed by atoms with Crippen molar-refractivity contribution in [3.8, 4) is 5.75 Å². The molecule has 0 spiro atoms. The summed E-state index contributed by atoms with van der Waals surface area (Å²) in [5, 5.41) is 11.3. The minimum absolute atomic E-state index is 0.0514. The molecule has 6 heteroatoms. The lowest BCUT2D eigenvalue weighted by molar-refractivity contribution is -0.522. The number of hydrogen-bond donors (Lipinski definition) is 0. The Hall–Kier alpha value is -1.66. The molecule has 4 nitrogen and oxygen atoms in total. The van der Waals surface area contributed by atoms with Gasteiger partial charge in [0.15, 0.2) is 0 Å². The van der Waals surface area contributed by atoms with Gasteiger partial charge in [-0.15, -0.1) is 23.5 Å². The molecular formula is C16H15NO3S2. The number of benzene rings is 2. The average molecular weight is 333 g/mol. The molecule has 0 N–H and O–H groups in total. The molecule has 22 heavy (non-hydrogen) atoms. The first kappa shape index (κ1) is 15.2. The predicted molar refractivity (Wildman–Crippen MR) is 90.2 cm³/mol. The fourth-order valence-electron chi connectivity index (χ4n) is 2.37. The molecule has 0 bridgehead atoms. The van der Waals surface area contributed by atoms with Gasteiger partial charge in [0.05, 0.1) is 7.11 Å². The molecule has 0 aliphatic carbocycles. The van der Waals surface area contributed by atoms with Gasteiger partial charge in [-0.2, -0.15) is 0 Å². The molecule has 0 unspecified atom stereocenters. The van der Waals surface area contributed by atoms with Crippen LogP contribution >= 0.6 is 23.5 Å². The molecule has 1 saturated heterocycles. The van der Waals surface area contributed by atoms with Crippen LogP contribution in [0.25, 0.3) is 0 Å². The number of rotatable bonds is 5. The van der Waals surface area contributed by atoms with Crippen LogP contribution in [0.15, 0.2) is 59.5 Å². The Bertz CT molecular complexity index is 648. The highest BCUT2D eigenvalue weighted by atomic mass is 32.2. The van der Waals surface area contributed by atoms with E-state index in [1.165, 1.54) is 0 Å². The van der Waals surface area contributed by atoms with Crippen molar-refractivity contribution < 1.29 is 9.66 Å². The normalized spacial score (nSPS) is 23.6. The summed E-state index contributed by atoms with van der Waals surface area (Å²) in [6, 6.07) is 16.8. The zero-order valence-corrected chi connectivity index (χ0v) is 13.5. The van der Waals surface area contributed by atoms with Crippen LogP contribution in [-0.2, 0) is 0 Å². The maximum Gasteiger partial charge on any atom is 0.249 e. The number of ether oxygens (including phenoxy) is 1. The molecule has 2 aromatic rings. The van der Waals surface area contributed by atoms with Gasteiger partial charge in [-0.1, -0.05) is 30.3 Å². The summed E-state index contributed by atoms with van der Waals surface area (Å²) in [4.78, 5) is 12.4. The zero-order chi connectivity index (χ0) is 15.5. The molecule has 1 aliphatic heterocycles. The second-order valence-electron chi connectivity index (χ2n) is 4.91. The van der Waals surface area contributed by atoms with Gasteiger partial charge in [0.1, 0.15) is 15.6 Å². The van der Waals surface area contributed by atoms with Gasteiger partial charge < -0.3 is 4.74 Å². The monoisotopic (exact) mass is 333 g/mol. The predicted octanol–water partition coefficient (Wildman–Crippen LogP) is 4.25. The summed E-state index contributed by atoms with van der Waals surface area (Å²) in [7, 11) is 1.61. The lowest BCUT2D eigenvalue weighted by Crippen LogP contribution is -2.43. The first-order valence-electron chi connectivity index (χ1n) is 6.83. The van der Waals surface area contributed by atoms with Gasteiger partial charge in [-0.05, 0) is 29.8 Å². The Morgan fingerprint density at radius 2 is 1.82 bits per heavy atom. The first-order chi connectivity index (χ1) is 10.7. The van der Waals surface area contributed by atoms with E-state index in [0.717, 1.165) is 16.2 Å². The molecule has 0 amide bonds. The summed E-state index contributed by atoms with van der Waals surface area (Å²) in [6.45, 7) is 0. The lowest BCUT2D eigenvalue weighted by Gasteiger charge is -2.37. The Kier molecular flexibility index (Phi) is 4.59. The number of nitrogens with zero attached hydrogens (tertiary/aromatic N) is 1. The highest BCUT2D eigenvalue weighted by Gasteiger charge is 2.52. The molecule has 0 saturated carbocycles. The largest absolute Gasteiger partial charge is 0.497 e. The van der Waals surface area contributed by atoms with Crippen molar-refractivity contribution in [3.63, 3.8) is 0 Å². The van der Waals surface area contributed by atoms with Gasteiger partial charge in [-0.3, -0.25) is 10.1 Å². The second-order valence-corrected chi connectivity index (χ2v) is 7.71. The standard InChI is InChI=1S/C16H15NO3S2/c1-20-12-9-7-11(8-10-12)15-14(17(18)19)16(22-15)21-13-5-3-2-4-6-13/h2-10,14-16H,1H3/t14-,15-,16-/m0/s1. The third kappa shape index (κ3) is 3.08. The molecule has 0 aromatic heterocycles. The molecule has 1 fully saturated rings. The lowest BCUT2D eigenvalue weighted by atomic mass is 10.1. The van der Waals surface area contributed by atoms with Crippen molar-refractivity contribution in [2.24, 2.45) is 0 Å². The van der Waals surface area contributed by atoms with E-state index in [1.807, 2.05) is 54.6 Å². The Balaban J connectivity index is 1.73. The Morgan fingerprint density at radius 3 is 2.41 bits per heavy atom. The van der Waals surface area contributed by atoms with E-state index in [-0.39, 0.29) is 14.8 Å². The van der Waals surface area contributed by atoms with Crippen molar-refractivity contribution >= 4 is 23.5 Å². The van der Waals surface area contributed by atoms with E-state index in [9.17, 15) is 10.1 Å². The second kappa shape index (κ2) is 6.62. The molecule has 3 atom stereocenters. The molecule has 3 rings (SSSR count). The van der Waals surface area contributed by atoms with Gasteiger partial charge in [0, 0.05) is 9.82 Å². The van der Waals surface area contributed by atoms with Crippen molar-refractivity contribution in [2.45, 2.75) is 20.8 Å². The van der Waals surface area contributed by atoms with Gasteiger partial charge in [0.25, 0.3) is 0 Å². The number of nitro groups is 1. The average Bonchev–Trinajstić information content (AvgIpc) is 2.51. The van der Waals surface area contributed by atoms with E-state index >= 15 is 0 Å². The molecule has 1 heterocycles. The minimum atomic E-state index is -0.566. The van der Waals surface area contributed by atoms with E-state index in [1.54, 1.807) is 30.6 Å². The van der Waals surface area contributed by atoms with Crippen molar-refractivity contribution in [2.75, 3.05) is 7.11 Å². The third-order valence-corrected chi connectivity index (χ3v) is 6.62. The maximum atomic E-state index is 11.4. The Labute approximate surface area is 137 Å². The fourth-order valence-corrected chi connectivity index (χ4v) is 5.53. The van der Waals surface area contributed by atoms with Crippen LogP contribution in [-0.4, -0.2) is 22.7 Å². The van der Waals surface area contributed by atoms with Crippen LogP contribution in [0.3, 0.4) is 0 Å². The first-order valence-corrected chi connectivity index (χ1v) is 8.66. The summed E-state index contributed by atoms with van der Waals surface area (Å²) in [6.07, 6.45) is 0. The van der Waals surface area contributed by atoms with Gasteiger partial charge in [0.2, 0.25) is 6.04 Å². The molecule has 2 aromatic carbocycles. The fraction of sp³-hybridized carbons (Fsp3) is 0.250. The van der Waals surface area contributed by atoms with Crippen molar-refractivity contribution in [1.29, 1.82) is 0 Å². The van der Waals surface area contributed by atoms with E-state index in [2.05, 4.69) is 0 Å². The van der Waals surface area contributed by atoms with Crippen LogP contribution < -0.4 is 4.74 Å². The topological polar surface area (TPSA) is 52.4 Å². The highest BCUT2D eigenvalue weighted by Crippen LogP contribution is 2.56. The number of hydrogen-bond acceptors (Lipinski definition) is 5. The van der Waals surface area contributed by atoms with Crippen molar-refractivity contribution in [1.82, 2.24) is 0 Å². The van der Waals surface area contributed by atoms with Gasteiger partial charge >= 0.3 is 0 Å².